The largest absolute Gasteiger partial charge is 0.317 e. The lowest BCUT2D eigenvalue weighted by atomic mass is 10.0. The number of rotatable bonds is 14. The van der Waals surface area contributed by atoms with Crippen LogP contribution in [0.3, 0.4) is 0 Å². The third-order valence-electron chi connectivity index (χ3n) is 5.32. The van der Waals surface area contributed by atoms with Gasteiger partial charge in [0.1, 0.15) is 0 Å². The zero-order valence-electron chi connectivity index (χ0n) is 17.9. The second-order valence-electron chi connectivity index (χ2n) is 7.94. The van der Waals surface area contributed by atoms with Crippen molar-refractivity contribution in [2.75, 3.05) is 25.4 Å². The van der Waals surface area contributed by atoms with Crippen molar-refractivity contribution < 1.29 is 0 Å². The summed E-state index contributed by atoms with van der Waals surface area (Å²) in [6.45, 7) is 11.5. The van der Waals surface area contributed by atoms with Crippen LogP contribution in [0.1, 0.15) is 44.7 Å². The molecule has 0 bridgehead atoms. The molecular formula is C25H38N2S. The molecular weight excluding hydrogens is 360 g/mol. The predicted molar refractivity (Wildman–Crippen MR) is 126 cm³/mol. The average Bonchev–Trinajstić information content (AvgIpc) is 2.72. The van der Waals surface area contributed by atoms with Crippen LogP contribution in [0.4, 0.5) is 0 Å². The molecule has 1 unspecified atom stereocenters. The highest BCUT2D eigenvalue weighted by Crippen LogP contribution is 2.15. The van der Waals surface area contributed by atoms with Gasteiger partial charge in [-0.05, 0) is 62.2 Å². The fraction of sp³-hybridized carbons (Fsp3) is 0.520. The van der Waals surface area contributed by atoms with E-state index in [0.29, 0.717) is 12.0 Å². The number of hydrogen-bond donors (Lipinski definition) is 1. The van der Waals surface area contributed by atoms with Gasteiger partial charge in [-0.1, -0.05) is 74.5 Å². The number of benzene rings is 2. The summed E-state index contributed by atoms with van der Waals surface area (Å²) in [7, 11) is 0. The molecule has 0 saturated heterocycles. The van der Waals surface area contributed by atoms with E-state index < -0.39 is 0 Å². The van der Waals surface area contributed by atoms with Crippen molar-refractivity contribution in [3.05, 3.63) is 71.8 Å². The van der Waals surface area contributed by atoms with E-state index >= 15 is 0 Å². The molecule has 0 fully saturated rings. The summed E-state index contributed by atoms with van der Waals surface area (Å²) in [4.78, 5) is 2.64. The van der Waals surface area contributed by atoms with Gasteiger partial charge in [0.05, 0.1) is 0 Å². The molecule has 2 rings (SSSR count). The van der Waals surface area contributed by atoms with Crippen LogP contribution in [-0.2, 0) is 12.3 Å². The molecule has 0 aromatic heterocycles. The van der Waals surface area contributed by atoms with E-state index in [-0.39, 0.29) is 0 Å². The fourth-order valence-electron chi connectivity index (χ4n) is 3.26. The Labute approximate surface area is 177 Å². The Morgan fingerprint density at radius 1 is 0.821 bits per heavy atom. The molecule has 2 aromatic rings. The molecule has 28 heavy (non-hydrogen) atoms. The molecule has 0 amide bonds. The lowest BCUT2D eigenvalue weighted by molar-refractivity contribution is 0.158. The zero-order valence-corrected chi connectivity index (χ0v) is 18.8. The van der Waals surface area contributed by atoms with E-state index in [1.54, 1.807) is 0 Å². The summed E-state index contributed by atoms with van der Waals surface area (Å²) in [6, 6.07) is 22.2. The van der Waals surface area contributed by atoms with Crippen molar-refractivity contribution in [2.24, 2.45) is 5.92 Å². The van der Waals surface area contributed by atoms with E-state index in [1.807, 2.05) is 11.8 Å². The highest BCUT2D eigenvalue weighted by atomic mass is 32.2. The lowest BCUT2D eigenvalue weighted by Crippen LogP contribution is -2.38. The topological polar surface area (TPSA) is 15.3 Å². The van der Waals surface area contributed by atoms with Crippen LogP contribution in [-0.4, -0.2) is 36.3 Å². The Morgan fingerprint density at radius 2 is 1.43 bits per heavy atom. The minimum atomic E-state index is 0.606. The maximum Gasteiger partial charge on any atom is 0.0236 e. The molecule has 1 atom stereocenters. The first-order valence-corrected chi connectivity index (χ1v) is 11.9. The summed E-state index contributed by atoms with van der Waals surface area (Å²) >= 11 is 2.04. The van der Waals surface area contributed by atoms with Gasteiger partial charge >= 0.3 is 0 Å². The van der Waals surface area contributed by atoms with Crippen molar-refractivity contribution in [1.29, 1.82) is 0 Å². The first kappa shape index (κ1) is 23.0. The standard InChI is InChI=1S/C25H38N2S/c1-22(2)23(3)27(20-24-12-6-4-7-13-24)18-10-16-26-17-11-19-28-21-25-14-8-5-9-15-25/h4-9,12-15,22-23,26H,10-11,16-21H2,1-3H3. The monoisotopic (exact) mass is 398 g/mol. The maximum atomic E-state index is 3.63. The Balaban J connectivity index is 1.57. The van der Waals surface area contributed by atoms with Crippen molar-refractivity contribution >= 4 is 11.8 Å². The molecule has 154 valence electrons. The third kappa shape index (κ3) is 9.27. The van der Waals surface area contributed by atoms with Gasteiger partial charge < -0.3 is 5.32 Å². The third-order valence-corrected chi connectivity index (χ3v) is 6.44. The number of nitrogens with zero attached hydrogens (tertiary/aromatic N) is 1. The number of nitrogens with one attached hydrogen (secondary N) is 1. The summed E-state index contributed by atoms with van der Waals surface area (Å²) in [6.07, 6.45) is 2.45. The SMILES string of the molecule is CC(C)C(C)N(CCCNCCCSCc1ccccc1)Cc1ccccc1. The Hall–Kier alpha value is -1.29. The van der Waals surface area contributed by atoms with Crippen LogP contribution in [0.5, 0.6) is 0 Å². The van der Waals surface area contributed by atoms with Gasteiger partial charge in [0, 0.05) is 18.3 Å². The highest BCUT2D eigenvalue weighted by molar-refractivity contribution is 7.98. The van der Waals surface area contributed by atoms with Gasteiger partial charge in [-0.15, -0.1) is 0 Å². The molecule has 2 nitrogen and oxygen atoms in total. The van der Waals surface area contributed by atoms with Crippen molar-refractivity contribution in [3.8, 4) is 0 Å². The Bertz CT molecular complexity index is 615. The van der Waals surface area contributed by atoms with Crippen LogP contribution in [0.15, 0.2) is 60.7 Å². The molecule has 0 saturated carbocycles. The van der Waals surface area contributed by atoms with E-state index in [9.17, 15) is 0 Å². The maximum absolute atomic E-state index is 3.63. The average molecular weight is 399 g/mol. The minimum absolute atomic E-state index is 0.606. The van der Waals surface area contributed by atoms with Gasteiger partial charge in [-0.2, -0.15) is 11.8 Å². The summed E-state index contributed by atoms with van der Waals surface area (Å²) < 4.78 is 0. The van der Waals surface area contributed by atoms with Gasteiger partial charge in [0.25, 0.3) is 0 Å². The van der Waals surface area contributed by atoms with Crippen LogP contribution in [0, 0.1) is 5.92 Å². The zero-order chi connectivity index (χ0) is 20.0. The Morgan fingerprint density at radius 3 is 2.07 bits per heavy atom. The van der Waals surface area contributed by atoms with Gasteiger partial charge in [-0.3, -0.25) is 4.90 Å². The normalized spacial score (nSPS) is 12.6. The van der Waals surface area contributed by atoms with Crippen LogP contribution in [0.25, 0.3) is 0 Å². The molecule has 1 N–H and O–H groups in total. The van der Waals surface area contributed by atoms with Crippen LogP contribution < -0.4 is 5.32 Å². The van der Waals surface area contributed by atoms with Gasteiger partial charge in [-0.25, -0.2) is 0 Å². The predicted octanol–water partition coefficient (Wildman–Crippen LogP) is 5.84. The van der Waals surface area contributed by atoms with Crippen molar-refractivity contribution in [1.82, 2.24) is 10.2 Å². The van der Waals surface area contributed by atoms with Crippen LogP contribution >= 0.6 is 11.8 Å². The first-order valence-electron chi connectivity index (χ1n) is 10.8. The van der Waals surface area contributed by atoms with E-state index in [2.05, 4.69) is 91.7 Å². The smallest absolute Gasteiger partial charge is 0.0236 e. The molecule has 0 radical (unpaired) electrons. The highest BCUT2D eigenvalue weighted by Gasteiger charge is 2.16. The fourth-order valence-corrected chi connectivity index (χ4v) is 4.18. The molecule has 0 aliphatic carbocycles. The van der Waals surface area contributed by atoms with E-state index in [1.165, 1.54) is 29.7 Å². The molecule has 0 heterocycles. The summed E-state index contributed by atoms with van der Waals surface area (Å²) in [5.74, 6) is 3.03. The van der Waals surface area contributed by atoms with E-state index in [4.69, 9.17) is 0 Å². The second-order valence-corrected chi connectivity index (χ2v) is 9.04. The molecule has 0 aliphatic heterocycles. The molecule has 0 aliphatic rings. The molecule has 2 aromatic carbocycles. The summed E-state index contributed by atoms with van der Waals surface area (Å²) in [5.41, 5.74) is 2.84. The lowest BCUT2D eigenvalue weighted by Gasteiger charge is -2.32. The number of hydrogen-bond acceptors (Lipinski definition) is 3. The minimum Gasteiger partial charge on any atom is -0.317 e. The van der Waals surface area contributed by atoms with Crippen molar-refractivity contribution in [2.45, 2.75) is 52.0 Å². The second kappa shape index (κ2) is 13.8. The Kier molecular flexibility index (Phi) is 11.3. The summed E-state index contributed by atoms with van der Waals surface area (Å²) in [5, 5.41) is 3.63. The quantitative estimate of drug-likeness (QED) is 0.403. The first-order chi connectivity index (χ1) is 13.7. The van der Waals surface area contributed by atoms with Crippen LogP contribution in [0.2, 0.25) is 0 Å². The van der Waals surface area contributed by atoms with Crippen molar-refractivity contribution in [3.63, 3.8) is 0 Å². The number of thioether (sulfide) groups is 1. The van der Waals surface area contributed by atoms with E-state index in [0.717, 1.165) is 31.9 Å². The molecule has 0 spiro atoms. The van der Waals surface area contributed by atoms with Gasteiger partial charge in [0.15, 0.2) is 0 Å². The van der Waals surface area contributed by atoms with Gasteiger partial charge in [0.2, 0.25) is 0 Å². The molecule has 3 heteroatoms.